The maximum atomic E-state index is 2.55. The Labute approximate surface area is 116 Å². The van der Waals surface area contributed by atoms with E-state index in [0.29, 0.717) is 10.6 Å². The highest BCUT2D eigenvalue weighted by Gasteiger charge is 2.57. The third-order valence-electron chi connectivity index (χ3n) is 6.33. The van der Waals surface area contributed by atoms with Crippen LogP contribution >= 0.6 is 7.92 Å². The fourth-order valence-corrected chi connectivity index (χ4v) is 9.02. The summed E-state index contributed by atoms with van der Waals surface area (Å²) in [4.78, 5) is 0. The van der Waals surface area contributed by atoms with Gasteiger partial charge in [0.2, 0.25) is 0 Å². The zero-order valence-corrected chi connectivity index (χ0v) is 14.5. The van der Waals surface area contributed by atoms with Crippen molar-refractivity contribution < 1.29 is 0 Å². The lowest BCUT2D eigenvalue weighted by Gasteiger charge is -2.64. The Kier molecular flexibility index (Phi) is 3.92. The predicted octanol–water partition coefficient (Wildman–Crippen LogP) is 5.75. The van der Waals surface area contributed by atoms with Crippen molar-refractivity contribution in [2.75, 3.05) is 6.16 Å². The molecule has 1 saturated heterocycles. The molecule has 0 amide bonds. The van der Waals surface area contributed by atoms with Crippen LogP contribution in [-0.4, -0.2) is 17.0 Å². The Morgan fingerprint density at radius 2 is 1.67 bits per heavy atom. The predicted molar refractivity (Wildman–Crippen MR) is 84.8 cm³/mol. The van der Waals surface area contributed by atoms with Crippen LogP contribution in [-0.2, 0) is 0 Å². The Morgan fingerprint density at radius 1 is 1.06 bits per heavy atom. The summed E-state index contributed by atoms with van der Waals surface area (Å²) < 4.78 is 0. The lowest BCUT2D eigenvalue weighted by Crippen LogP contribution is -2.54. The van der Waals surface area contributed by atoms with Crippen LogP contribution in [0.5, 0.6) is 0 Å². The average molecular weight is 268 g/mol. The molecule has 1 saturated carbocycles. The lowest BCUT2D eigenvalue weighted by atomic mass is 9.77. The van der Waals surface area contributed by atoms with E-state index in [4.69, 9.17) is 0 Å². The van der Waals surface area contributed by atoms with Gasteiger partial charge in [-0.15, -0.1) is 0 Å². The van der Waals surface area contributed by atoms with E-state index < -0.39 is 0 Å². The Balaban J connectivity index is 2.15. The van der Waals surface area contributed by atoms with Crippen molar-refractivity contribution >= 4 is 7.92 Å². The number of hydrogen-bond donors (Lipinski definition) is 0. The number of hydrogen-bond acceptors (Lipinski definition) is 0. The van der Waals surface area contributed by atoms with Crippen molar-refractivity contribution in [1.82, 2.24) is 0 Å². The van der Waals surface area contributed by atoms with Crippen LogP contribution in [0.2, 0.25) is 0 Å². The SMILES string of the molecule is CC(C)[C@@H]1CC[C@@H](C)C[C@H]1P1CC(C)(C)C1(C)C. The van der Waals surface area contributed by atoms with E-state index in [-0.39, 0.29) is 7.92 Å². The Hall–Kier alpha value is 0.430. The monoisotopic (exact) mass is 268 g/mol. The molecule has 1 aliphatic carbocycles. The molecule has 0 aromatic rings. The van der Waals surface area contributed by atoms with Gasteiger partial charge in [-0.05, 0) is 53.0 Å². The summed E-state index contributed by atoms with van der Waals surface area (Å²) in [6.45, 7) is 17.5. The second-order valence-electron chi connectivity index (χ2n) is 8.46. The molecule has 4 atom stereocenters. The van der Waals surface area contributed by atoms with Crippen LogP contribution in [0.3, 0.4) is 0 Å². The first-order valence-electron chi connectivity index (χ1n) is 7.93. The molecule has 0 aromatic heterocycles. The Morgan fingerprint density at radius 3 is 2.11 bits per heavy atom. The summed E-state index contributed by atoms with van der Waals surface area (Å²) in [7, 11) is 0.254. The van der Waals surface area contributed by atoms with Crippen LogP contribution in [0.25, 0.3) is 0 Å². The van der Waals surface area contributed by atoms with Gasteiger partial charge in [-0.3, -0.25) is 0 Å². The molecule has 0 spiro atoms. The van der Waals surface area contributed by atoms with Crippen LogP contribution in [0.1, 0.15) is 67.7 Å². The molecule has 0 N–H and O–H groups in total. The average Bonchev–Trinajstić information content (AvgIpc) is 2.25. The van der Waals surface area contributed by atoms with E-state index in [9.17, 15) is 0 Å². The summed E-state index contributed by atoms with van der Waals surface area (Å²) in [5.41, 5.74) is 1.65. The van der Waals surface area contributed by atoms with Gasteiger partial charge in [-0.2, -0.15) is 0 Å². The molecule has 0 nitrogen and oxygen atoms in total. The van der Waals surface area contributed by atoms with Crippen LogP contribution in [0, 0.1) is 23.2 Å². The van der Waals surface area contributed by atoms with Crippen molar-refractivity contribution in [2.24, 2.45) is 23.2 Å². The third kappa shape index (κ3) is 2.28. The fraction of sp³-hybridized carbons (Fsp3) is 1.00. The highest BCUT2D eigenvalue weighted by Crippen LogP contribution is 2.75. The van der Waals surface area contributed by atoms with Gasteiger partial charge in [-0.1, -0.05) is 62.8 Å². The second kappa shape index (κ2) is 4.76. The van der Waals surface area contributed by atoms with Crippen molar-refractivity contribution in [2.45, 2.75) is 78.5 Å². The normalized spacial score (nSPS) is 42.7. The molecular formula is C17H33P. The zero-order valence-electron chi connectivity index (χ0n) is 13.6. The first kappa shape index (κ1) is 14.8. The van der Waals surface area contributed by atoms with Crippen LogP contribution in [0.15, 0.2) is 0 Å². The molecular weight excluding hydrogens is 235 g/mol. The highest BCUT2D eigenvalue weighted by atomic mass is 31.1. The largest absolute Gasteiger partial charge is 0.0963 e. The maximum Gasteiger partial charge on any atom is -0.00937 e. The van der Waals surface area contributed by atoms with Crippen molar-refractivity contribution in [3.05, 3.63) is 0 Å². The van der Waals surface area contributed by atoms with Gasteiger partial charge in [0.15, 0.2) is 0 Å². The first-order valence-corrected chi connectivity index (χ1v) is 9.53. The molecule has 1 aliphatic heterocycles. The smallest absolute Gasteiger partial charge is 0.00937 e. The molecule has 2 aliphatic rings. The van der Waals surface area contributed by atoms with Crippen molar-refractivity contribution in [1.29, 1.82) is 0 Å². The third-order valence-corrected chi connectivity index (χ3v) is 10.9. The Bertz CT molecular complexity index is 303. The lowest BCUT2D eigenvalue weighted by molar-refractivity contribution is 0.217. The van der Waals surface area contributed by atoms with Crippen LogP contribution < -0.4 is 0 Å². The standard InChI is InChI=1S/C17H33P/c1-12(2)14-9-8-13(3)10-15(14)18-11-16(4,5)17(18,6)7/h12-15H,8-11H2,1-7H3/t13-,14+,15-,18?/m1/s1. The summed E-state index contributed by atoms with van der Waals surface area (Å²) in [6, 6.07) is 0. The topological polar surface area (TPSA) is 0 Å². The summed E-state index contributed by atoms with van der Waals surface area (Å²) in [5.74, 6) is 2.89. The molecule has 2 fully saturated rings. The van der Waals surface area contributed by atoms with E-state index in [1.54, 1.807) is 0 Å². The zero-order chi connectivity index (χ0) is 13.7. The molecule has 106 valence electrons. The summed E-state index contributed by atoms with van der Waals surface area (Å²) in [5, 5.41) is 0.608. The minimum atomic E-state index is 0.254. The van der Waals surface area contributed by atoms with E-state index >= 15 is 0 Å². The summed E-state index contributed by atoms with van der Waals surface area (Å²) in [6.07, 6.45) is 6.02. The number of rotatable bonds is 2. The van der Waals surface area contributed by atoms with E-state index in [1.807, 2.05) is 0 Å². The van der Waals surface area contributed by atoms with Crippen LogP contribution in [0.4, 0.5) is 0 Å². The van der Waals surface area contributed by atoms with Gasteiger partial charge < -0.3 is 0 Å². The van der Waals surface area contributed by atoms with E-state index in [2.05, 4.69) is 48.5 Å². The molecule has 2 rings (SSSR count). The molecule has 1 heteroatoms. The van der Waals surface area contributed by atoms with Gasteiger partial charge in [-0.25, -0.2) is 0 Å². The molecule has 0 bridgehead atoms. The molecule has 0 aromatic carbocycles. The quantitative estimate of drug-likeness (QED) is 0.559. The van der Waals surface area contributed by atoms with Crippen molar-refractivity contribution in [3.63, 3.8) is 0 Å². The van der Waals surface area contributed by atoms with Gasteiger partial charge in [0.1, 0.15) is 0 Å². The first-order chi connectivity index (χ1) is 8.17. The molecule has 1 unspecified atom stereocenters. The summed E-state index contributed by atoms with van der Waals surface area (Å²) >= 11 is 0. The molecule has 1 heterocycles. The van der Waals surface area contributed by atoms with Gasteiger partial charge in [0, 0.05) is 0 Å². The van der Waals surface area contributed by atoms with Crippen molar-refractivity contribution in [3.8, 4) is 0 Å². The van der Waals surface area contributed by atoms with Gasteiger partial charge in [0.25, 0.3) is 0 Å². The van der Waals surface area contributed by atoms with Gasteiger partial charge >= 0.3 is 0 Å². The molecule has 18 heavy (non-hydrogen) atoms. The molecule has 0 radical (unpaired) electrons. The minimum absolute atomic E-state index is 0.254. The van der Waals surface area contributed by atoms with E-state index in [0.717, 1.165) is 23.4 Å². The second-order valence-corrected chi connectivity index (χ2v) is 11.5. The van der Waals surface area contributed by atoms with Gasteiger partial charge in [0.05, 0.1) is 0 Å². The maximum absolute atomic E-state index is 2.55. The minimum Gasteiger partial charge on any atom is -0.0963 e. The van der Waals surface area contributed by atoms with E-state index in [1.165, 1.54) is 25.4 Å². The highest BCUT2D eigenvalue weighted by molar-refractivity contribution is 7.62. The fourth-order valence-electron chi connectivity index (χ4n) is 4.16.